The van der Waals surface area contributed by atoms with Crippen LogP contribution in [0.5, 0.6) is 0 Å². The molecule has 2 saturated carbocycles. The van der Waals surface area contributed by atoms with Crippen LogP contribution in [0.15, 0.2) is 0 Å². The Labute approximate surface area is 120 Å². The molecule has 2 fully saturated rings. The summed E-state index contributed by atoms with van der Waals surface area (Å²) in [6, 6.07) is 0. The van der Waals surface area contributed by atoms with Gasteiger partial charge >= 0.3 is 0 Å². The Balaban J connectivity index is 1.79. The molecule has 2 aliphatic carbocycles. The second kappa shape index (κ2) is 7.67. The summed E-state index contributed by atoms with van der Waals surface area (Å²) in [7, 11) is 0. The SMILES string of the molecule is CC(C)CNCC1CCC(C)CC1CC1CCCC1. The quantitative estimate of drug-likeness (QED) is 0.723. The highest BCUT2D eigenvalue weighted by molar-refractivity contribution is 4.83. The Morgan fingerprint density at radius 3 is 2.42 bits per heavy atom. The van der Waals surface area contributed by atoms with Crippen molar-refractivity contribution < 1.29 is 0 Å². The third-order valence-electron chi connectivity index (χ3n) is 5.47. The number of hydrogen-bond donors (Lipinski definition) is 1. The lowest BCUT2D eigenvalue weighted by Gasteiger charge is -2.36. The first-order valence-electron chi connectivity index (χ1n) is 8.85. The van der Waals surface area contributed by atoms with Crippen LogP contribution in [0, 0.1) is 29.6 Å². The lowest BCUT2D eigenvalue weighted by molar-refractivity contribution is 0.154. The maximum Gasteiger partial charge on any atom is -0.00178 e. The van der Waals surface area contributed by atoms with Gasteiger partial charge in [-0.1, -0.05) is 52.9 Å². The second-order valence-electron chi connectivity index (χ2n) is 7.88. The number of nitrogens with one attached hydrogen (secondary N) is 1. The lowest BCUT2D eigenvalue weighted by Crippen LogP contribution is -2.34. The van der Waals surface area contributed by atoms with Crippen molar-refractivity contribution in [3.8, 4) is 0 Å². The predicted octanol–water partition coefficient (Wildman–Crippen LogP) is 4.86. The van der Waals surface area contributed by atoms with Crippen LogP contribution in [0.4, 0.5) is 0 Å². The van der Waals surface area contributed by atoms with Gasteiger partial charge in [-0.3, -0.25) is 0 Å². The van der Waals surface area contributed by atoms with Crippen LogP contribution in [0.2, 0.25) is 0 Å². The first-order valence-corrected chi connectivity index (χ1v) is 8.85. The molecule has 2 aliphatic rings. The van der Waals surface area contributed by atoms with Crippen LogP contribution in [0.25, 0.3) is 0 Å². The molecule has 0 spiro atoms. The standard InChI is InChI=1S/C18H35N/c1-14(2)12-19-13-17-9-8-15(3)10-18(17)11-16-6-4-5-7-16/h14-19H,4-13H2,1-3H3. The summed E-state index contributed by atoms with van der Waals surface area (Å²) in [5.74, 6) is 4.83. The van der Waals surface area contributed by atoms with E-state index in [-0.39, 0.29) is 0 Å². The second-order valence-corrected chi connectivity index (χ2v) is 7.88. The van der Waals surface area contributed by atoms with Crippen molar-refractivity contribution in [1.29, 1.82) is 0 Å². The van der Waals surface area contributed by atoms with Crippen LogP contribution < -0.4 is 5.32 Å². The van der Waals surface area contributed by atoms with Crippen molar-refractivity contribution in [2.45, 2.75) is 72.1 Å². The minimum Gasteiger partial charge on any atom is -0.316 e. The van der Waals surface area contributed by atoms with Crippen LogP contribution in [0.1, 0.15) is 72.1 Å². The number of hydrogen-bond acceptors (Lipinski definition) is 1. The van der Waals surface area contributed by atoms with Gasteiger partial charge in [0.25, 0.3) is 0 Å². The highest BCUT2D eigenvalue weighted by Crippen LogP contribution is 2.40. The third kappa shape index (κ3) is 5.10. The molecule has 0 aromatic carbocycles. The maximum atomic E-state index is 3.72. The van der Waals surface area contributed by atoms with Gasteiger partial charge in [-0.2, -0.15) is 0 Å². The zero-order valence-electron chi connectivity index (χ0n) is 13.5. The fraction of sp³-hybridized carbons (Fsp3) is 1.00. The molecule has 0 radical (unpaired) electrons. The van der Waals surface area contributed by atoms with Crippen molar-refractivity contribution in [2.24, 2.45) is 29.6 Å². The van der Waals surface area contributed by atoms with Gasteiger partial charge in [-0.05, 0) is 61.9 Å². The fourth-order valence-electron chi connectivity index (χ4n) is 4.35. The van der Waals surface area contributed by atoms with E-state index in [4.69, 9.17) is 0 Å². The van der Waals surface area contributed by atoms with Crippen LogP contribution >= 0.6 is 0 Å². The first-order chi connectivity index (χ1) is 9.15. The topological polar surface area (TPSA) is 12.0 Å². The van der Waals surface area contributed by atoms with Crippen LogP contribution in [-0.4, -0.2) is 13.1 Å². The highest BCUT2D eigenvalue weighted by atomic mass is 14.9. The minimum absolute atomic E-state index is 0.788. The van der Waals surface area contributed by atoms with Gasteiger partial charge in [0.05, 0.1) is 0 Å². The van der Waals surface area contributed by atoms with Crippen molar-refractivity contribution >= 4 is 0 Å². The van der Waals surface area contributed by atoms with E-state index in [9.17, 15) is 0 Å². The maximum absolute atomic E-state index is 3.72. The molecule has 1 heteroatoms. The molecule has 2 rings (SSSR count). The summed E-state index contributed by atoms with van der Waals surface area (Å²) in [5.41, 5.74) is 0. The van der Waals surface area contributed by atoms with E-state index in [1.54, 1.807) is 6.42 Å². The van der Waals surface area contributed by atoms with E-state index in [0.717, 1.165) is 29.6 Å². The zero-order chi connectivity index (χ0) is 13.7. The van der Waals surface area contributed by atoms with E-state index in [0.29, 0.717) is 0 Å². The minimum atomic E-state index is 0.788. The van der Waals surface area contributed by atoms with Gasteiger partial charge in [0.2, 0.25) is 0 Å². The van der Waals surface area contributed by atoms with E-state index in [1.165, 1.54) is 58.0 Å². The molecular weight excluding hydrogens is 230 g/mol. The highest BCUT2D eigenvalue weighted by Gasteiger charge is 2.31. The Hall–Kier alpha value is -0.0400. The Morgan fingerprint density at radius 1 is 1.00 bits per heavy atom. The van der Waals surface area contributed by atoms with Crippen molar-refractivity contribution in [3.63, 3.8) is 0 Å². The molecule has 0 amide bonds. The molecule has 0 aliphatic heterocycles. The summed E-state index contributed by atoms with van der Waals surface area (Å²) >= 11 is 0. The first kappa shape index (κ1) is 15.4. The van der Waals surface area contributed by atoms with Crippen molar-refractivity contribution in [2.75, 3.05) is 13.1 Å². The molecule has 19 heavy (non-hydrogen) atoms. The molecule has 0 aromatic rings. The van der Waals surface area contributed by atoms with Gasteiger partial charge in [-0.15, -0.1) is 0 Å². The molecule has 0 bridgehead atoms. The Kier molecular flexibility index (Phi) is 6.19. The summed E-state index contributed by atoms with van der Waals surface area (Å²) in [5, 5.41) is 3.72. The summed E-state index contributed by atoms with van der Waals surface area (Å²) in [6.45, 7) is 9.57. The van der Waals surface area contributed by atoms with Gasteiger partial charge in [0.15, 0.2) is 0 Å². The van der Waals surface area contributed by atoms with Crippen molar-refractivity contribution in [3.05, 3.63) is 0 Å². The van der Waals surface area contributed by atoms with E-state index in [1.807, 2.05) is 0 Å². The molecule has 0 aromatic heterocycles. The summed E-state index contributed by atoms with van der Waals surface area (Å²) in [4.78, 5) is 0. The molecule has 1 N–H and O–H groups in total. The largest absolute Gasteiger partial charge is 0.316 e. The van der Waals surface area contributed by atoms with E-state index >= 15 is 0 Å². The van der Waals surface area contributed by atoms with E-state index in [2.05, 4.69) is 26.1 Å². The Bertz CT molecular complexity index is 242. The average Bonchev–Trinajstić information content (AvgIpc) is 2.84. The average molecular weight is 265 g/mol. The van der Waals surface area contributed by atoms with Crippen LogP contribution in [0.3, 0.4) is 0 Å². The molecule has 3 unspecified atom stereocenters. The molecule has 112 valence electrons. The molecule has 0 heterocycles. The van der Waals surface area contributed by atoms with Crippen molar-refractivity contribution in [1.82, 2.24) is 5.32 Å². The molecule has 1 nitrogen and oxygen atoms in total. The zero-order valence-corrected chi connectivity index (χ0v) is 13.5. The Morgan fingerprint density at radius 2 is 1.74 bits per heavy atom. The smallest absolute Gasteiger partial charge is 0.00178 e. The van der Waals surface area contributed by atoms with Gasteiger partial charge in [0.1, 0.15) is 0 Å². The molecular formula is C18H35N. The van der Waals surface area contributed by atoms with Gasteiger partial charge in [-0.25, -0.2) is 0 Å². The summed E-state index contributed by atoms with van der Waals surface area (Å²) < 4.78 is 0. The number of rotatable bonds is 6. The van der Waals surface area contributed by atoms with E-state index < -0.39 is 0 Å². The third-order valence-corrected chi connectivity index (χ3v) is 5.47. The monoisotopic (exact) mass is 265 g/mol. The lowest BCUT2D eigenvalue weighted by atomic mass is 9.71. The molecule has 0 saturated heterocycles. The fourth-order valence-corrected chi connectivity index (χ4v) is 4.35. The predicted molar refractivity (Wildman–Crippen MR) is 84.3 cm³/mol. The van der Waals surface area contributed by atoms with Gasteiger partial charge < -0.3 is 5.32 Å². The van der Waals surface area contributed by atoms with Crippen LogP contribution in [-0.2, 0) is 0 Å². The normalized spacial score (nSPS) is 33.2. The summed E-state index contributed by atoms with van der Waals surface area (Å²) in [6.07, 6.45) is 12.0. The molecule has 3 atom stereocenters. The van der Waals surface area contributed by atoms with Gasteiger partial charge in [0, 0.05) is 0 Å².